The second-order valence-electron chi connectivity index (χ2n) is 3.91. The molecule has 1 atom stereocenters. The van der Waals surface area contributed by atoms with Crippen LogP contribution in [0.2, 0.25) is 0 Å². The van der Waals surface area contributed by atoms with Gasteiger partial charge in [0.25, 0.3) is 0 Å². The number of rotatable bonds is 1. The normalized spacial score (nSPS) is 33.9. The Morgan fingerprint density at radius 3 is 2.91 bits per heavy atom. The molecule has 0 aromatic carbocycles. The summed E-state index contributed by atoms with van der Waals surface area (Å²) in [6.07, 6.45) is 3.84. The number of hydrogen-bond donors (Lipinski definition) is 2. The van der Waals surface area contributed by atoms with Crippen LogP contribution in [0.4, 0.5) is 0 Å². The Morgan fingerprint density at radius 1 is 1.64 bits per heavy atom. The molecule has 1 aliphatic carbocycles. The lowest BCUT2D eigenvalue weighted by Gasteiger charge is -2.27. The minimum Gasteiger partial charge on any atom is -0.370 e. The highest BCUT2D eigenvalue weighted by Crippen LogP contribution is 2.49. The maximum absolute atomic E-state index is 5.59. The fraction of sp³-hybridized carbons (Fsp3) is 0.875. The number of guanidine groups is 1. The van der Waals surface area contributed by atoms with Crippen LogP contribution < -0.4 is 11.1 Å². The monoisotopic (exact) mass is 153 g/mol. The van der Waals surface area contributed by atoms with Crippen molar-refractivity contribution in [2.75, 3.05) is 6.54 Å². The summed E-state index contributed by atoms with van der Waals surface area (Å²) in [6.45, 7) is 3.22. The molecule has 1 heterocycles. The topological polar surface area (TPSA) is 50.4 Å². The summed E-state index contributed by atoms with van der Waals surface area (Å²) in [7, 11) is 0. The highest BCUT2D eigenvalue weighted by Gasteiger charge is 2.45. The van der Waals surface area contributed by atoms with Gasteiger partial charge in [0, 0.05) is 12.6 Å². The molecule has 11 heavy (non-hydrogen) atoms. The zero-order valence-electron chi connectivity index (χ0n) is 6.93. The molecule has 1 unspecified atom stereocenters. The van der Waals surface area contributed by atoms with Crippen molar-refractivity contribution in [1.82, 2.24) is 5.32 Å². The molecule has 2 aliphatic rings. The maximum atomic E-state index is 5.59. The lowest BCUT2D eigenvalue weighted by molar-refractivity contribution is 0.371. The third kappa shape index (κ3) is 1.19. The van der Waals surface area contributed by atoms with Crippen LogP contribution in [0.5, 0.6) is 0 Å². The van der Waals surface area contributed by atoms with Crippen molar-refractivity contribution in [1.29, 1.82) is 0 Å². The second-order valence-corrected chi connectivity index (χ2v) is 3.91. The summed E-state index contributed by atoms with van der Waals surface area (Å²) in [6, 6.07) is 0.583. The predicted octanol–water partition coefficient (Wildman–Crippen LogP) is 0.463. The molecule has 1 fully saturated rings. The Balaban J connectivity index is 2.01. The number of nitrogens with two attached hydrogens (primary N) is 1. The van der Waals surface area contributed by atoms with Crippen molar-refractivity contribution in [2.24, 2.45) is 16.1 Å². The van der Waals surface area contributed by atoms with Crippen molar-refractivity contribution in [2.45, 2.75) is 32.2 Å². The van der Waals surface area contributed by atoms with Gasteiger partial charge in [-0.1, -0.05) is 6.92 Å². The molecule has 62 valence electrons. The molecule has 0 spiro atoms. The van der Waals surface area contributed by atoms with Crippen LogP contribution in [0, 0.1) is 5.41 Å². The third-order valence-corrected chi connectivity index (χ3v) is 2.90. The molecular weight excluding hydrogens is 138 g/mol. The van der Waals surface area contributed by atoms with Gasteiger partial charge in [-0.15, -0.1) is 0 Å². The van der Waals surface area contributed by atoms with Crippen molar-refractivity contribution in [3.63, 3.8) is 0 Å². The minimum atomic E-state index is 0.528. The first-order valence-electron chi connectivity index (χ1n) is 4.27. The summed E-state index contributed by atoms with van der Waals surface area (Å²) >= 11 is 0. The molecule has 3 nitrogen and oxygen atoms in total. The predicted molar refractivity (Wildman–Crippen MR) is 45.4 cm³/mol. The van der Waals surface area contributed by atoms with Crippen molar-refractivity contribution >= 4 is 5.96 Å². The van der Waals surface area contributed by atoms with Crippen LogP contribution in [0.15, 0.2) is 4.99 Å². The molecule has 0 radical (unpaired) electrons. The van der Waals surface area contributed by atoms with Gasteiger partial charge in [0.15, 0.2) is 5.96 Å². The summed E-state index contributed by atoms with van der Waals surface area (Å²) in [5, 5.41) is 3.25. The molecule has 0 saturated heterocycles. The van der Waals surface area contributed by atoms with E-state index >= 15 is 0 Å². The van der Waals surface area contributed by atoms with Crippen LogP contribution in [0.25, 0.3) is 0 Å². The highest BCUT2D eigenvalue weighted by molar-refractivity contribution is 5.78. The number of hydrogen-bond acceptors (Lipinski definition) is 3. The van der Waals surface area contributed by atoms with Crippen molar-refractivity contribution in [3.8, 4) is 0 Å². The van der Waals surface area contributed by atoms with E-state index in [4.69, 9.17) is 5.73 Å². The summed E-state index contributed by atoms with van der Waals surface area (Å²) in [4.78, 5) is 4.10. The van der Waals surface area contributed by atoms with Gasteiger partial charge in [0.2, 0.25) is 0 Å². The quantitative estimate of drug-likeness (QED) is 0.575. The van der Waals surface area contributed by atoms with Gasteiger partial charge in [-0.3, -0.25) is 4.99 Å². The average Bonchev–Trinajstić information content (AvgIpc) is 2.70. The second kappa shape index (κ2) is 2.13. The van der Waals surface area contributed by atoms with E-state index in [1.807, 2.05) is 0 Å². The Bertz CT molecular complexity index is 194. The van der Waals surface area contributed by atoms with E-state index in [2.05, 4.69) is 17.2 Å². The smallest absolute Gasteiger partial charge is 0.188 e. The van der Waals surface area contributed by atoms with Gasteiger partial charge in [0.05, 0.1) is 0 Å². The minimum absolute atomic E-state index is 0.528. The van der Waals surface area contributed by atoms with E-state index in [1.165, 1.54) is 12.8 Å². The van der Waals surface area contributed by atoms with Gasteiger partial charge in [0.1, 0.15) is 0 Å². The molecule has 3 N–H and O–H groups in total. The molecule has 0 aromatic rings. The third-order valence-electron chi connectivity index (χ3n) is 2.90. The molecule has 1 aliphatic heterocycles. The van der Waals surface area contributed by atoms with Gasteiger partial charge < -0.3 is 11.1 Å². The van der Waals surface area contributed by atoms with Crippen LogP contribution >= 0.6 is 0 Å². The van der Waals surface area contributed by atoms with Gasteiger partial charge >= 0.3 is 0 Å². The fourth-order valence-corrected chi connectivity index (χ4v) is 1.68. The molecule has 1 saturated carbocycles. The summed E-state index contributed by atoms with van der Waals surface area (Å²) in [5.41, 5.74) is 6.12. The molecule has 3 heteroatoms. The summed E-state index contributed by atoms with van der Waals surface area (Å²) < 4.78 is 0. The van der Waals surface area contributed by atoms with Crippen LogP contribution in [-0.4, -0.2) is 18.5 Å². The van der Waals surface area contributed by atoms with E-state index in [-0.39, 0.29) is 0 Å². The highest BCUT2D eigenvalue weighted by atomic mass is 15.1. The summed E-state index contributed by atoms with van der Waals surface area (Å²) in [5.74, 6) is 0.634. The van der Waals surface area contributed by atoms with E-state index < -0.39 is 0 Å². The number of aliphatic imine (C=N–C) groups is 1. The first-order valence-corrected chi connectivity index (χ1v) is 4.27. The molecule has 2 rings (SSSR count). The first kappa shape index (κ1) is 6.95. The van der Waals surface area contributed by atoms with Crippen LogP contribution in [0.1, 0.15) is 26.2 Å². The van der Waals surface area contributed by atoms with Crippen LogP contribution in [-0.2, 0) is 0 Å². The standard InChI is InChI=1S/C8H15N3/c1-8(3-4-8)6-2-5-10-7(9)11-6/h6H,2-5H2,1H3,(H3,9,10,11). The fourth-order valence-electron chi connectivity index (χ4n) is 1.68. The lowest BCUT2D eigenvalue weighted by Crippen LogP contribution is -2.47. The van der Waals surface area contributed by atoms with Gasteiger partial charge in [-0.25, -0.2) is 0 Å². The average molecular weight is 153 g/mol. The SMILES string of the molecule is CC1(C2CCN=C(N)N2)CC1. The largest absolute Gasteiger partial charge is 0.370 e. The number of nitrogens with one attached hydrogen (secondary N) is 1. The van der Waals surface area contributed by atoms with Gasteiger partial charge in [-0.05, 0) is 24.7 Å². The Labute approximate surface area is 67.1 Å². The molecule has 0 amide bonds. The zero-order chi connectivity index (χ0) is 7.90. The Morgan fingerprint density at radius 2 is 2.36 bits per heavy atom. The van der Waals surface area contributed by atoms with Crippen LogP contribution in [0.3, 0.4) is 0 Å². The van der Waals surface area contributed by atoms with E-state index in [1.54, 1.807) is 0 Å². The number of nitrogens with zero attached hydrogens (tertiary/aromatic N) is 1. The Kier molecular flexibility index (Phi) is 1.34. The molecule has 0 aromatic heterocycles. The van der Waals surface area contributed by atoms with E-state index in [9.17, 15) is 0 Å². The molecular formula is C8H15N3. The van der Waals surface area contributed by atoms with Gasteiger partial charge in [-0.2, -0.15) is 0 Å². The molecule has 0 bridgehead atoms. The zero-order valence-corrected chi connectivity index (χ0v) is 6.93. The van der Waals surface area contributed by atoms with E-state index in [0.29, 0.717) is 17.4 Å². The maximum Gasteiger partial charge on any atom is 0.188 e. The van der Waals surface area contributed by atoms with Crippen molar-refractivity contribution in [3.05, 3.63) is 0 Å². The van der Waals surface area contributed by atoms with E-state index in [0.717, 1.165) is 13.0 Å². The van der Waals surface area contributed by atoms with Crippen molar-refractivity contribution < 1.29 is 0 Å². The lowest BCUT2D eigenvalue weighted by atomic mass is 9.95. The first-order chi connectivity index (χ1) is 5.21. The Hall–Kier alpha value is -0.730.